The molecule has 1 N–H and O–H groups in total. The number of nitrogens with zero attached hydrogens (tertiary/aromatic N) is 1. The Morgan fingerprint density at radius 3 is 2.14 bits per heavy atom. The van der Waals surface area contributed by atoms with E-state index in [1.165, 1.54) is 25.2 Å². The largest absolute Gasteiger partial charge is 0.477 e. The molecule has 0 aromatic heterocycles. The number of rotatable bonds is 6. The highest BCUT2D eigenvalue weighted by Crippen LogP contribution is 2.38. The first-order valence-electron chi connectivity index (χ1n) is 8.60. The Labute approximate surface area is 168 Å². The molecular formula is C20H22ClNO6. The number of allylic oxidation sites excluding steroid dienone is 1. The molecule has 1 atom stereocenters. The second kappa shape index (κ2) is 8.93. The molecule has 1 aliphatic heterocycles. The van der Waals surface area contributed by atoms with Crippen LogP contribution in [-0.2, 0) is 23.9 Å². The Kier molecular flexibility index (Phi) is 6.85. The van der Waals surface area contributed by atoms with E-state index in [4.69, 9.17) is 21.1 Å². The third-order valence-electron chi connectivity index (χ3n) is 4.23. The summed E-state index contributed by atoms with van der Waals surface area (Å²) in [7, 11) is 2.38. The summed E-state index contributed by atoms with van der Waals surface area (Å²) in [5, 5.41) is 10.2. The number of benzene rings is 1. The van der Waals surface area contributed by atoms with Gasteiger partial charge in [0.15, 0.2) is 0 Å². The maximum Gasteiger partial charge on any atom is 0.355 e. The number of hydrogen-bond acceptors (Lipinski definition) is 6. The van der Waals surface area contributed by atoms with E-state index in [0.717, 1.165) is 0 Å². The van der Waals surface area contributed by atoms with Gasteiger partial charge in [-0.1, -0.05) is 37.6 Å². The number of halogens is 1. The Morgan fingerprint density at radius 2 is 1.68 bits per heavy atom. The van der Waals surface area contributed by atoms with Gasteiger partial charge in [0.2, 0.25) is 0 Å². The summed E-state index contributed by atoms with van der Waals surface area (Å²) in [6.45, 7) is 3.95. The summed E-state index contributed by atoms with van der Waals surface area (Å²) in [6.07, 6.45) is 1.44. The first-order valence-corrected chi connectivity index (χ1v) is 8.97. The Balaban J connectivity index is 2.80. The van der Waals surface area contributed by atoms with E-state index >= 15 is 0 Å². The molecular weight excluding hydrogens is 386 g/mol. The zero-order chi connectivity index (χ0) is 21.0. The van der Waals surface area contributed by atoms with Crippen molar-refractivity contribution < 1.29 is 29.0 Å². The fraction of sp³-hybridized carbons (Fsp3) is 0.350. The molecule has 1 heterocycles. The van der Waals surface area contributed by atoms with Crippen LogP contribution in [0.4, 0.5) is 0 Å². The summed E-state index contributed by atoms with van der Waals surface area (Å²) in [5.41, 5.74) is 0.362. The molecule has 0 amide bonds. The second-order valence-electron chi connectivity index (χ2n) is 6.64. The third-order valence-corrected chi connectivity index (χ3v) is 4.48. The third kappa shape index (κ3) is 4.36. The van der Waals surface area contributed by atoms with Gasteiger partial charge >= 0.3 is 17.9 Å². The Bertz CT molecular complexity index is 841. The van der Waals surface area contributed by atoms with Crippen molar-refractivity contribution in [1.29, 1.82) is 0 Å². The lowest BCUT2D eigenvalue weighted by atomic mass is 9.85. The molecule has 0 bridgehead atoms. The monoisotopic (exact) mass is 407 g/mol. The van der Waals surface area contributed by atoms with E-state index in [1.807, 2.05) is 13.8 Å². The van der Waals surface area contributed by atoms with E-state index in [2.05, 4.69) is 0 Å². The van der Waals surface area contributed by atoms with Crippen molar-refractivity contribution in [3.05, 3.63) is 57.9 Å². The van der Waals surface area contributed by atoms with Crippen LogP contribution in [0.25, 0.3) is 0 Å². The molecule has 1 aliphatic rings. The quantitative estimate of drug-likeness (QED) is 0.724. The van der Waals surface area contributed by atoms with Gasteiger partial charge in [0.25, 0.3) is 0 Å². The van der Waals surface area contributed by atoms with Gasteiger partial charge in [-0.05, 0) is 29.7 Å². The smallest absolute Gasteiger partial charge is 0.355 e. The van der Waals surface area contributed by atoms with E-state index in [9.17, 15) is 19.5 Å². The molecule has 0 fully saturated rings. The van der Waals surface area contributed by atoms with Crippen molar-refractivity contribution in [2.45, 2.75) is 19.8 Å². The van der Waals surface area contributed by atoms with Crippen LogP contribution in [0.15, 0.2) is 47.3 Å². The number of aliphatic carboxylic acids is 1. The summed E-state index contributed by atoms with van der Waals surface area (Å²) < 4.78 is 9.78. The summed E-state index contributed by atoms with van der Waals surface area (Å²) in [4.78, 5) is 38.5. The maximum atomic E-state index is 12.6. The maximum absolute atomic E-state index is 12.6. The highest BCUT2D eigenvalue weighted by molar-refractivity contribution is 6.30. The number of carboxylic acids is 1. The molecule has 8 heteroatoms. The van der Waals surface area contributed by atoms with Gasteiger partial charge in [-0.3, -0.25) is 0 Å². The summed E-state index contributed by atoms with van der Waals surface area (Å²) in [5.74, 6) is -3.58. The van der Waals surface area contributed by atoms with E-state index in [0.29, 0.717) is 10.6 Å². The van der Waals surface area contributed by atoms with Crippen molar-refractivity contribution in [1.82, 2.24) is 4.90 Å². The highest BCUT2D eigenvalue weighted by atomic mass is 35.5. The van der Waals surface area contributed by atoms with Gasteiger partial charge in [0.1, 0.15) is 11.4 Å². The second-order valence-corrected chi connectivity index (χ2v) is 7.07. The van der Waals surface area contributed by atoms with Gasteiger partial charge < -0.3 is 19.5 Å². The fourth-order valence-corrected chi connectivity index (χ4v) is 3.20. The van der Waals surface area contributed by atoms with Crippen LogP contribution in [0.1, 0.15) is 25.3 Å². The van der Waals surface area contributed by atoms with Crippen LogP contribution in [-0.4, -0.2) is 48.7 Å². The van der Waals surface area contributed by atoms with E-state index in [-0.39, 0.29) is 29.4 Å². The van der Waals surface area contributed by atoms with Crippen molar-refractivity contribution in [3.8, 4) is 0 Å². The number of hydrogen-bond donors (Lipinski definition) is 1. The predicted molar refractivity (Wildman–Crippen MR) is 103 cm³/mol. The number of carbonyl (C=O) groups excluding carboxylic acids is 2. The molecule has 0 spiro atoms. The number of carboxylic acid groups (broad SMARTS) is 1. The lowest BCUT2D eigenvalue weighted by molar-refractivity contribution is -0.142. The Hall–Kier alpha value is -2.80. The zero-order valence-corrected chi connectivity index (χ0v) is 16.8. The molecule has 1 aromatic carbocycles. The normalized spacial score (nSPS) is 16.7. The minimum Gasteiger partial charge on any atom is -0.477 e. The molecule has 0 saturated carbocycles. The molecule has 28 heavy (non-hydrogen) atoms. The van der Waals surface area contributed by atoms with Gasteiger partial charge in [-0.2, -0.15) is 0 Å². The molecule has 0 aliphatic carbocycles. The minimum atomic E-state index is -1.22. The lowest BCUT2D eigenvalue weighted by Gasteiger charge is -2.35. The highest BCUT2D eigenvalue weighted by Gasteiger charge is 2.40. The zero-order valence-electron chi connectivity index (χ0n) is 16.1. The van der Waals surface area contributed by atoms with Crippen LogP contribution in [0.3, 0.4) is 0 Å². The fourth-order valence-electron chi connectivity index (χ4n) is 3.07. The van der Waals surface area contributed by atoms with Crippen molar-refractivity contribution in [3.63, 3.8) is 0 Å². The van der Waals surface area contributed by atoms with Gasteiger partial charge in [0, 0.05) is 17.5 Å². The first kappa shape index (κ1) is 21.5. The number of carbonyl (C=O) groups is 3. The lowest BCUT2D eigenvalue weighted by Crippen LogP contribution is -2.40. The topological polar surface area (TPSA) is 93.1 Å². The van der Waals surface area contributed by atoms with Gasteiger partial charge in [-0.15, -0.1) is 0 Å². The first-order chi connectivity index (χ1) is 13.2. The Morgan fingerprint density at radius 1 is 1.11 bits per heavy atom. The van der Waals surface area contributed by atoms with Crippen molar-refractivity contribution in [2.24, 2.45) is 5.92 Å². The average Bonchev–Trinajstić information content (AvgIpc) is 2.66. The molecule has 1 unspecified atom stereocenters. The molecule has 7 nitrogen and oxygen atoms in total. The summed E-state index contributed by atoms with van der Waals surface area (Å²) >= 11 is 5.94. The van der Waals surface area contributed by atoms with Gasteiger partial charge in [-0.25, -0.2) is 14.4 Å². The van der Waals surface area contributed by atoms with E-state index < -0.39 is 23.8 Å². The van der Waals surface area contributed by atoms with Crippen molar-refractivity contribution >= 4 is 29.5 Å². The molecule has 2 rings (SSSR count). The van der Waals surface area contributed by atoms with Crippen LogP contribution in [0.5, 0.6) is 0 Å². The standard InChI is InChI=1S/C20H22ClNO6/c1-11(2)10-22-15(18(23)24)9-14(12-5-7-13(21)8-6-12)16(19(25)27-3)17(22)20(26)28-4/h5-9,11,14H,10H2,1-4H3,(H,23,24). The molecule has 0 saturated heterocycles. The average molecular weight is 408 g/mol. The van der Waals surface area contributed by atoms with Crippen LogP contribution in [0, 0.1) is 5.92 Å². The van der Waals surface area contributed by atoms with Crippen LogP contribution >= 0.6 is 11.6 Å². The van der Waals surface area contributed by atoms with Crippen molar-refractivity contribution in [2.75, 3.05) is 20.8 Å². The number of ether oxygens (including phenoxy) is 2. The minimum absolute atomic E-state index is 0.00776. The molecule has 0 radical (unpaired) electrons. The van der Waals surface area contributed by atoms with E-state index in [1.54, 1.807) is 24.3 Å². The van der Waals surface area contributed by atoms with Gasteiger partial charge in [0.05, 0.1) is 19.8 Å². The molecule has 150 valence electrons. The van der Waals surface area contributed by atoms with Crippen LogP contribution < -0.4 is 0 Å². The molecule has 1 aromatic rings. The predicted octanol–water partition coefficient (Wildman–Crippen LogP) is 2.96. The van der Waals surface area contributed by atoms with Crippen LogP contribution in [0.2, 0.25) is 5.02 Å². The number of esters is 2. The number of methoxy groups -OCH3 is 2. The summed E-state index contributed by atoms with van der Waals surface area (Å²) in [6, 6.07) is 6.58. The SMILES string of the molecule is COC(=O)C1=C(C(=O)OC)N(CC(C)C)C(C(=O)O)=CC1c1ccc(Cl)cc1.